The Labute approximate surface area is 87.1 Å². The van der Waals surface area contributed by atoms with Crippen LogP contribution < -0.4 is 10.1 Å². The fourth-order valence-corrected chi connectivity index (χ4v) is 1.99. The molecule has 0 radical (unpaired) electrons. The van der Waals surface area contributed by atoms with Crippen molar-refractivity contribution in [1.29, 1.82) is 0 Å². The number of hydrogen-bond acceptors (Lipinski definition) is 2. The molecule has 0 saturated heterocycles. The minimum absolute atomic E-state index is 0.556. The molecule has 5 heteroatoms. The summed E-state index contributed by atoms with van der Waals surface area (Å²) in [6.07, 6.45) is 0. The molecule has 0 spiro atoms. The van der Waals surface area contributed by atoms with Gasteiger partial charge in [-0.15, -0.1) is 11.3 Å². The summed E-state index contributed by atoms with van der Waals surface area (Å²) in [6.45, 7) is 4.86. The Morgan fingerprint density at radius 3 is 2.92 bits per heavy atom. The molecule has 3 nitrogen and oxygen atoms in total. The number of nitrogens with one attached hydrogen (secondary N) is 1. The van der Waals surface area contributed by atoms with Crippen LogP contribution in [0.25, 0.3) is 0 Å². The predicted octanol–water partition coefficient (Wildman–Crippen LogP) is 1.19. The zero-order chi connectivity index (χ0) is 9.84. The summed E-state index contributed by atoms with van der Waals surface area (Å²) in [7, 11) is 1.99. The van der Waals surface area contributed by atoms with Crippen molar-refractivity contribution >= 4 is 28.7 Å². The van der Waals surface area contributed by atoms with E-state index in [0.717, 1.165) is 11.3 Å². The number of aromatic nitrogens is 1. The minimum atomic E-state index is 0.556. The SMILES string of the molecule is CCNC(=S)N=c1scc(C)n1C. The fraction of sp³-hybridized carbons (Fsp3) is 0.500. The van der Waals surface area contributed by atoms with Gasteiger partial charge in [-0.3, -0.25) is 0 Å². The van der Waals surface area contributed by atoms with E-state index >= 15 is 0 Å². The topological polar surface area (TPSA) is 29.3 Å². The zero-order valence-corrected chi connectivity index (χ0v) is 9.63. The standard InChI is InChI=1S/C8H13N3S2/c1-4-9-7(12)10-8-11(3)6(2)5-13-8/h5H,4H2,1-3H3,(H,9,12). The first-order chi connectivity index (χ1) is 6.15. The smallest absolute Gasteiger partial charge is 0.195 e. The van der Waals surface area contributed by atoms with Crippen molar-refractivity contribution in [3.8, 4) is 0 Å². The van der Waals surface area contributed by atoms with Crippen LogP contribution in [0.2, 0.25) is 0 Å². The minimum Gasteiger partial charge on any atom is -0.361 e. The Bertz CT molecular complexity index is 362. The Hall–Kier alpha value is -0.680. The van der Waals surface area contributed by atoms with Crippen molar-refractivity contribution in [1.82, 2.24) is 9.88 Å². The van der Waals surface area contributed by atoms with E-state index in [9.17, 15) is 0 Å². The van der Waals surface area contributed by atoms with Crippen LogP contribution in [-0.4, -0.2) is 16.2 Å². The molecule has 72 valence electrons. The molecule has 0 unspecified atom stereocenters. The van der Waals surface area contributed by atoms with E-state index in [0.29, 0.717) is 5.11 Å². The summed E-state index contributed by atoms with van der Waals surface area (Å²) < 4.78 is 2.02. The maximum Gasteiger partial charge on any atom is 0.195 e. The molecule has 1 rings (SSSR count). The number of aryl methyl sites for hydroxylation is 1. The molecule has 1 heterocycles. The average Bonchev–Trinajstić information content (AvgIpc) is 2.37. The van der Waals surface area contributed by atoms with Crippen molar-refractivity contribution in [2.45, 2.75) is 13.8 Å². The van der Waals surface area contributed by atoms with Gasteiger partial charge in [-0.25, -0.2) is 0 Å². The van der Waals surface area contributed by atoms with Crippen LogP contribution >= 0.6 is 23.6 Å². The van der Waals surface area contributed by atoms with Crippen LogP contribution in [0.5, 0.6) is 0 Å². The Kier molecular flexibility index (Phi) is 3.62. The summed E-state index contributed by atoms with van der Waals surface area (Å²) in [5, 5.41) is 5.61. The lowest BCUT2D eigenvalue weighted by Gasteiger charge is -1.98. The van der Waals surface area contributed by atoms with Crippen molar-refractivity contribution in [2.75, 3.05) is 6.54 Å². The first-order valence-electron chi connectivity index (χ1n) is 4.08. The molecular weight excluding hydrogens is 202 g/mol. The van der Waals surface area contributed by atoms with Gasteiger partial charge in [0.05, 0.1) is 0 Å². The summed E-state index contributed by atoms with van der Waals surface area (Å²) in [6, 6.07) is 0. The highest BCUT2D eigenvalue weighted by molar-refractivity contribution is 7.80. The molecule has 1 aromatic rings. The molecule has 0 aliphatic heterocycles. The number of nitrogens with zero attached hydrogens (tertiary/aromatic N) is 2. The molecule has 0 aliphatic carbocycles. The van der Waals surface area contributed by atoms with E-state index < -0.39 is 0 Å². The lowest BCUT2D eigenvalue weighted by molar-refractivity contribution is 0.833. The van der Waals surface area contributed by atoms with Gasteiger partial charge in [0.1, 0.15) is 0 Å². The number of thiazole rings is 1. The molecule has 0 fully saturated rings. The summed E-state index contributed by atoms with van der Waals surface area (Å²) in [5.74, 6) is 0. The van der Waals surface area contributed by atoms with Gasteiger partial charge in [-0.2, -0.15) is 4.99 Å². The van der Waals surface area contributed by atoms with Gasteiger partial charge in [0, 0.05) is 24.7 Å². The molecule has 0 aromatic carbocycles. The predicted molar refractivity (Wildman–Crippen MR) is 59.9 cm³/mol. The van der Waals surface area contributed by atoms with Gasteiger partial charge in [0.2, 0.25) is 0 Å². The lowest BCUT2D eigenvalue weighted by Crippen LogP contribution is -2.23. The van der Waals surface area contributed by atoms with Gasteiger partial charge in [0.25, 0.3) is 0 Å². The normalized spacial score (nSPS) is 11.8. The molecule has 1 N–H and O–H groups in total. The van der Waals surface area contributed by atoms with Crippen LogP contribution in [0, 0.1) is 6.92 Å². The highest BCUT2D eigenvalue weighted by atomic mass is 32.1. The molecule has 0 aliphatic rings. The van der Waals surface area contributed by atoms with E-state index in [-0.39, 0.29) is 0 Å². The third-order valence-corrected chi connectivity index (χ3v) is 2.95. The first kappa shape index (κ1) is 10.4. The molecule has 0 atom stereocenters. The monoisotopic (exact) mass is 215 g/mol. The largest absolute Gasteiger partial charge is 0.361 e. The van der Waals surface area contributed by atoms with Gasteiger partial charge in [0.15, 0.2) is 9.91 Å². The van der Waals surface area contributed by atoms with Gasteiger partial charge >= 0.3 is 0 Å². The molecule has 0 amide bonds. The van der Waals surface area contributed by atoms with E-state index in [2.05, 4.69) is 15.7 Å². The summed E-state index contributed by atoms with van der Waals surface area (Å²) in [5.41, 5.74) is 1.20. The Morgan fingerprint density at radius 2 is 2.46 bits per heavy atom. The van der Waals surface area contributed by atoms with Gasteiger partial charge < -0.3 is 9.88 Å². The van der Waals surface area contributed by atoms with Gasteiger partial charge in [-0.05, 0) is 26.1 Å². The fourth-order valence-electron chi connectivity index (χ4n) is 0.826. The Balaban J connectivity index is 2.94. The molecular formula is C8H13N3S2. The highest BCUT2D eigenvalue weighted by Crippen LogP contribution is 1.96. The van der Waals surface area contributed by atoms with E-state index in [4.69, 9.17) is 12.2 Å². The van der Waals surface area contributed by atoms with Crippen LogP contribution in [0.4, 0.5) is 0 Å². The van der Waals surface area contributed by atoms with E-state index in [1.807, 2.05) is 25.5 Å². The van der Waals surface area contributed by atoms with E-state index in [1.54, 1.807) is 11.3 Å². The quantitative estimate of drug-likeness (QED) is 0.713. The van der Waals surface area contributed by atoms with Gasteiger partial charge in [-0.1, -0.05) is 0 Å². The van der Waals surface area contributed by atoms with Crippen LogP contribution in [0.3, 0.4) is 0 Å². The molecule has 13 heavy (non-hydrogen) atoms. The van der Waals surface area contributed by atoms with Crippen LogP contribution in [0.1, 0.15) is 12.6 Å². The maximum absolute atomic E-state index is 5.02. The maximum atomic E-state index is 5.02. The third kappa shape index (κ3) is 2.63. The average molecular weight is 215 g/mol. The highest BCUT2D eigenvalue weighted by Gasteiger charge is 1.95. The van der Waals surface area contributed by atoms with E-state index in [1.165, 1.54) is 5.69 Å². The third-order valence-electron chi connectivity index (χ3n) is 1.68. The Morgan fingerprint density at radius 1 is 1.77 bits per heavy atom. The second-order valence-electron chi connectivity index (χ2n) is 2.67. The van der Waals surface area contributed by atoms with Crippen LogP contribution in [-0.2, 0) is 7.05 Å². The summed E-state index contributed by atoms with van der Waals surface area (Å²) >= 11 is 6.62. The van der Waals surface area contributed by atoms with Crippen LogP contribution in [0.15, 0.2) is 10.4 Å². The molecule has 0 bridgehead atoms. The first-order valence-corrected chi connectivity index (χ1v) is 5.37. The second-order valence-corrected chi connectivity index (χ2v) is 3.89. The number of hydrogen-bond donors (Lipinski definition) is 1. The van der Waals surface area contributed by atoms with Crippen molar-refractivity contribution in [3.05, 3.63) is 15.9 Å². The second kappa shape index (κ2) is 4.53. The van der Waals surface area contributed by atoms with Crippen molar-refractivity contribution < 1.29 is 0 Å². The zero-order valence-electron chi connectivity index (χ0n) is 8.00. The number of thiocarbonyl (C=S) groups is 1. The molecule has 0 saturated carbocycles. The molecule has 1 aromatic heterocycles. The van der Waals surface area contributed by atoms with Crippen molar-refractivity contribution in [2.24, 2.45) is 12.0 Å². The lowest BCUT2D eigenvalue weighted by atomic mass is 10.6. The summed E-state index contributed by atoms with van der Waals surface area (Å²) in [4.78, 5) is 5.20. The number of rotatable bonds is 1. The van der Waals surface area contributed by atoms with Crippen molar-refractivity contribution in [3.63, 3.8) is 0 Å².